The molecule has 1 unspecified atom stereocenters. The van der Waals surface area contributed by atoms with Gasteiger partial charge in [0, 0.05) is 5.56 Å². The zero-order chi connectivity index (χ0) is 17.6. The van der Waals surface area contributed by atoms with Crippen molar-refractivity contribution in [3.05, 3.63) is 82.9 Å². The monoisotopic (exact) mass is 330 g/mol. The third kappa shape index (κ3) is 3.96. The molecule has 124 valence electrons. The second kappa shape index (κ2) is 7.50. The number of nitriles is 1. The number of nitrogens with zero attached hydrogens (tertiary/aromatic N) is 1. The van der Waals surface area contributed by atoms with Crippen LogP contribution in [0.15, 0.2) is 71.8 Å². The molecule has 0 saturated heterocycles. The fraction of sp³-hybridized carbons (Fsp3) is 0.143. The maximum Gasteiger partial charge on any atom is 0.262 e. The van der Waals surface area contributed by atoms with Crippen molar-refractivity contribution < 1.29 is 9.53 Å². The van der Waals surface area contributed by atoms with Gasteiger partial charge in [0.05, 0.1) is 6.04 Å². The van der Waals surface area contributed by atoms with Crippen LogP contribution in [-0.2, 0) is 4.79 Å². The minimum atomic E-state index is -0.390. The number of para-hydroxylation sites is 1. The number of ether oxygens (including phenoxy) is 1. The normalized spacial score (nSPS) is 14.4. The Balaban J connectivity index is 1.76. The number of hydrogen-bond donors (Lipinski definition) is 1. The first-order chi connectivity index (χ1) is 12.2. The molecule has 0 radical (unpaired) electrons. The van der Waals surface area contributed by atoms with Crippen molar-refractivity contribution in [3.8, 4) is 11.8 Å². The van der Waals surface area contributed by atoms with E-state index in [4.69, 9.17) is 4.74 Å². The van der Waals surface area contributed by atoms with Crippen LogP contribution >= 0.6 is 0 Å². The first-order valence-corrected chi connectivity index (χ1v) is 8.07. The molecular weight excluding hydrogens is 312 g/mol. The molecule has 1 amide bonds. The van der Waals surface area contributed by atoms with E-state index in [1.165, 1.54) is 0 Å². The number of fused-ring (bicyclic) bond motifs is 1. The van der Waals surface area contributed by atoms with Crippen molar-refractivity contribution >= 4 is 12.0 Å². The lowest BCUT2D eigenvalue weighted by molar-refractivity contribution is -0.117. The Hall–Kier alpha value is -3.32. The lowest BCUT2D eigenvalue weighted by Crippen LogP contribution is -2.27. The molecule has 0 spiro atoms. The van der Waals surface area contributed by atoms with Crippen molar-refractivity contribution in [2.75, 3.05) is 6.61 Å². The number of carbonyl (C=O) groups excluding carboxylic acids is 1. The molecular formula is C21H18N2O2. The van der Waals surface area contributed by atoms with Crippen molar-refractivity contribution in [1.29, 1.82) is 5.26 Å². The van der Waals surface area contributed by atoms with E-state index in [9.17, 15) is 10.1 Å². The van der Waals surface area contributed by atoms with Gasteiger partial charge in [-0.25, -0.2) is 0 Å². The number of nitrogens with one attached hydrogen (secondary N) is 1. The van der Waals surface area contributed by atoms with Crippen LogP contribution in [0.1, 0.15) is 24.1 Å². The van der Waals surface area contributed by atoms with E-state index in [0.717, 1.165) is 22.4 Å². The van der Waals surface area contributed by atoms with Gasteiger partial charge in [0.2, 0.25) is 0 Å². The minimum Gasteiger partial charge on any atom is -0.488 e. The summed E-state index contributed by atoms with van der Waals surface area (Å²) in [6, 6.07) is 19.1. The predicted octanol–water partition coefficient (Wildman–Crippen LogP) is 3.79. The molecule has 0 fully saturated rings. The van der Waals surface area contributed by atoms with Gasteiger partial charge in [-0.1, -0.05) is 48.5 Å². The van der Waals surface area contributed by atoms with Gasteiger partial charge in [-0.05, 0) is 36.3 Å². The Morgan fingerprint density at radius 1 is 1.20 bits per heavy atom. The van der Waals surface area contributed by atoms with Gasteiger partial charge in [0.1, 0.15) is 24.0 Å². The highest BCUT2D eigenvalue weighted by molar-refractivity contribution is 5.98. The highest BCUT2D eigenvalue weighted by atomic mass is 16.5. The van der Waals surface area contributed by atoms with Crippen LogP contribution < -0.4 is 10.1 Å². The molecule has 2 aromatic rings. The molecule has 0 aliphatic carbocycles. The van der Waals surface area contributed by atoms with E-state index >= 15 is 0 Å². The zero-order valence-corrected chi connectivity index (χ0v) is 13.9. The average Bonchev–Trinajstić information content (AvgIpc) is 2.66. The summed E-state index contributed by atoms with van der Waals surface area (Å²) in [5.41, 5.74) is 2.78. The van der Waals surface area contributed by atoms with E-state index in [1.807, 2.05) is 73.7 Å². The second-order valence-corrected chi connectivity index (χ2v) is 5.82. The molecule has 1 heterocycles. The third-order valence-corrected chi connectivity index (χ3v) is 4.00. The molecule has 1 aliphatic heterocycles. The molecule has 1 aliphatic rings. The standard InChI is InChI=1S/C21H18N2O2/c1-15(17-7-3-2-4-8-17)23-21(24)19(13-22)12-16-11-18-9-5-6-10-20(18)25-14-16/h2-12,15H,14H2,1H3,(H,23,24). The molecule has 0 aromatic heterocycles. The molecule has 4 heteroatoms. The van der Waals surface area contributed by atoms with Crippen LogP contribution in [0.4, 0.5) is 0 Å². The highest BCUT2D eigenvalue weighted by Gasteiger charge is 2.16. The zero-order valence-electron chi connectivity index (χ0n) is 13.9. The van der Waals surface area contributed by atoms with Gasteiger partial charge in [0.15, 0.2) is 0 Å². The van der Waals surface area contributed by atoms with E-state index in [-0.39, 0.29) is 11.6 Å². The molecule has 0 bridgehead atoms. The first kappa shape index (κ1) is 16.5. The third-order valence-electron chi connectivity index (χ3n) is 4.00. The van der Waals surface area contributed by atoms with Crippen molar-refractivity contribution in [1.82, 2.24) is 5.32 Å². The molecule has 0 saturated carbocycles. The minimum absolute atomic E-state index is 0.0667. The van der Waals surface area contributed by atoms with Crippen LogP contribution in [-0.4, -0.2) is 12.5 Å². The van der Waals surface area contributed by atoms with E-state index in [0.29, 0.717) is 6.61 Å². The molecule has 1 N–H and O–H groups in total. The number of benzene rings is 2. The summed E-state index contributed by atoms with van der Waals surface area (Å²) in [5, 5.41) is 12.2. The Morgan fingerprint density at radius 2 is 1.92 bits per heavy atom. The predicted molar refractivity (Wildman–Crippen MR) is 96.6 cm³/mol. The number of hydrogen-bond acceptors (Lipinski definition) is 3. The number of rotatable bonds is 4. The summed E-state index contributed by atoms with van der Waals surface area (Å²) >= 11 is 0. The van der Waals surface area contributed by atoms with Crippen LogP contribution in [0.2, 0.25) is 0 Å². The van der Waals surface area contributed by atoms with Gasteiger partial charge in [0.25, 0.3) is 5.91 Å². The summed E-state index contributed by atoms with van der Waals surface area (Å²) in [6.45, 7) is 2.23. The molecule has 1 atom stereocenters. The molecule has 3 rings (SSSR count). The van der Waals surface area contributed by atoms with Crippen LogP contribution in [0.3, 0.4) is 0 Å². The first-order valence-electron chi connectivity index (χ1n) is 8.07. The average molecular weight is 330 g/mol. The lowest BCUT2D eigenvalue weighted by Gasteiger charge is -2.17. The Labute approximate surface area is 147 Å². The van der Waals surface area contributed by atoms with E-state index in [2.05, 4.69) is 5.32 Å². The molecule has 2 aromatic carbocycles. The van der Waals surface area contributed by atoms with Crippen molar-refractivity contribution in [3.63, 3.8) is 0 Å². The summed E-state index contributed by atoms with van der Waals surface area (Å²) in [7, 11) is 0. The number of amides is 1. The van der Waals surface area contributed by atoms with Crippen molar-refractivity contribution in [2.45, 2.75) is 13.0 Å². The molecule has 25 heavy (non-hydrogen) atoms. The summed E-state index contributed by atoms with van der Waals surface area (Å²) in [5.74, 6) is 0.416. The smallest absolute Gasteiger partial charge is 0.262 e. The van der Waals surface area contributed by atoms with Gasteiger partial charge in [-0.2, -0.15) is 5.26 Å². The van der Waals surface area contributed by atoms with Crippen LogP contribution in [0.5, 0.6) is 5.75 Å². The largest absolute Gasteiger partial charge is 0.488 e. The summed E-state index contributed by atoms with van der Waals surface area (Å²) < 4.78 is 5.66. The van der Waals surface area contributed by atoms with Gasteiger partial charge < -0.3 is 10.1 Å². The Bertz CT molecular complexity index is 876. The Morgan fingerprint density at radius 3 is 2.68 bits per heavy atom. The summed E-state index contributed by atoms with van der Waals surface area (Å²) in [6.07, 6.45) is 3.52. The van der Waals surface area contributed by atoms with Crippen LogP contribution in [0, 0.1) is 11.3 Å². The topological polar surface area (TPSA) is 62.1 Å². The second-order valence-electron chi connectivity index (χ2n) is 5.82. The highest BCUT2D eigenvalue weighted by Crippen LogP contribution is 2.26. The van der Waals surface area contributed by atoms with Gasteiger partial charge in [-0.15, -0.1) is 0 Å². The number of carbonyl (C=O) groups is 1. The van der Waals surface area contributed by atoms with E-state index in [1.54, 1.807) is 6.08 Å². The SMILES string of the molecule is CC(NC(=O)C(C#N)=CC1=Cc2ccccc2OC1)c1ccccc1. The quantitative estimate of drug-likeness (QED) is 0.685. The maximum atomic E-state index is 12.4. The fourth-order valence-corrected chi connectivity index (χ4v) is 2.65. The maximum absolute atomic E-state index is 12.4. The van der Waals surface area contributed by atoms with Gasteiger partial charge >= 0.3 is 0 Å². The lowest BCUT2D eigenvalue weighted by atomic mass is 10.0. The fourth-order valence-electron chi connectivity index (χ4n) is 2.65. The van der Waals surface area contributed by atoms with Crippen molar-refractivity contribution in [2.24, 2.45) is 0 Å². The van der Waals surface area contributed by atoms with E-state index < -0.39 is 5.91 Å². The molecule has 4 nitrogen and oxygen atoms in total. The van der Waals surface area contributed by atoms with Gasteiger partial charge in [-0.3, -0.25) is 4.79 Å². The summed E-state index contributed by atoms with van der Waals surface area (Å²) in [4.78, 5) is 12.4. The van der Waals surface area contributed by atoms with Crippen LogP contribution in [0.25, 0.3) is 6.08 Å². The Kier molecular flexibility index (Phi) is 4.96.